The van der Waals surface area contributed by atoms with Crippen molar-refractivity contribution in [3.63, 3.8) is 0 Å². The van der Waals surface area contributed by atoms with Gasteiger partial charge in [-0.3, -0.25) is 10.1 Å². The Bertz CT molecular complexity index is 221. The molecular formula is C12H25NO2S. The van der Waals surface area contributed by atoms with Crippen LogP contribution in [0, 0.1) is 0 Å². The maximum Gasteiger partial charge on any atom is 0.323 e. The molecule has 0 aromatic carbocycles. The van der Waals surface area contributed by atoms with E-state index < -0.39 is 11.5 Å². The van der Waals surface area contributed by atoms with Crippen molar-refractivity contribution in [1.29, 1.82) is 0 Å². The van der Waals surface area contributed by atoms with E-state index in [1.807, 2.05) is 25.6 Å². The monoisotopic (exact) mass is 247 g/mol. The molecule has 0 amide bonds. The highest BCUT2D eigenvalue weighted by atomic mass is 32.2. The Balaban J connectivity index is 4.37. The number of carbonyl (C=O) groups is 1. The molecule has 0 aliphatic rings. The predicted molar refractivity (Wildman–Crippen MR) is 71.1 cm³/mol. The highest BCUT2D eigenvalue weighted by Gasteiger charge is 2.34. The summed E-state index contributed by atoms with van der Waals surface area (Å²) in [6.45, 7) is 9.97. The fraction of sp³-hybridized carbons (Fsp3) is 0.917. The quantitative estimate of drug-likeness (QED) is 0.692. The van der Waals surface area contributed by atoms with Gasteiger partial charge in [-0.1, -0.05) is 13.8 Å². The summed E-state index contributed by atoms with van der Waals surface area (Å²) in [5.74, 6) is 0.337. The molecule has 0 rings (SSSR count). The maximum absolute atomic E-state index is 11.3. The molecule has 0 aromatic heterocycles. The summed E-state index contributed by atoms with van der Waals surface area (Å²) in [4.78, 5) is 11.3. The topological polar surface area (TPSA) is 49.3 Å². The summed E-state index contributed by atoms with van der Waals surface area (Å²) in [5.41, 5.74) is -0.811. The number of thioether (sulfide) groups is 1. The van der Waals surface area contributed by atoms with Gasteiger partial charge in [-0.2, -0.15) is 11.8 Å². The number of hydrogen-bond donors (Lipinski definition) is 2. The van der Waals surface area contributed by atoms with Crippen LogP contribution in [0.25, 0.3) is 0 Å². The summed E-state index contributed by atoms with van der Waals surface area (Å²) in [5, 5.41) is 12.8. The number of carboxylic acids is 1. The highest BCUT2D eigenvalue weighted by molar-refractivity contribution is 7.99. The molecule has 96 valence electrons. The molecule has 2 unspecified atom stereocenters. The molecule has 2 atom stereocenters. The zero-order valence-corrected chi connectivity index (χ0v) is 11.9. The molecule has 0 radical (unpaired) electrons. The Morgan fingerprint density at radius 3 is 2.38 bits per heavy atom. The van der Waals surface area contributed by atoms with Crippen LogP contribution in [-0.2, 0) is 4.79 Å². The molecule has 16 heavy (non-hydrogen) atoms. The van der Waals surface area contributed by atoms with Gasteiger partial charge < -0.3 is 5.11 Å². The van der Waals surface area contributed by atoms with E-state index >= 15 is 0 Å². The number of hydrogen-bond acceptors (Lipinski definition) is 3. The molecule has 0 heterocycles. The number of rotatable bonds is 8. The van der Waals surface area contributed by atoms with E-state index in [0.29, 0.717) is 11.7 Å². The smallest absolute Gasteiger partial charge is 0.323 e. The zero-order valence-electron chi connectivity index (χ0n) is 11.0. The van der Waals surface area contributed by atoms with Crippen molar-refractivity contribution >= 4 is 17.7 Å². The molecule has 4 heteroatoms. The first kappa shape index (κ1) is 15.8. The first-order valence-corrected chi connectivity index (χ1v) is 6.99. The van der Waals surface area contributed by atoms with Gasteiger partial charge in [0.05, 0.1) is 0 Å². The Kier molecular flexibility index (Phi) is 7.07. The second-order valence-corrected chi connectivity index (χ2v) is 6.37. The Labute approximate surface area is 103 Å². The van der Waals surface area contributed by atoms with Gasteiger partial charge in [-0.15, -0.1) is 0 Å². The second-order valence-electron chi connectivity index (χ2n) is 4.82. The molecule has 3 nitrogen and oxygen atoms in total. The van der Waals surface area contributed by atoms with Crippen LogP contribution in [0.4, 0.5) is 0 Å². The van der Waals surface area contributed by atoms with E-state index in [1.54, 1.807) is 6.92 Å². The molecule has 0 fully saturated rings. The predicted octanol–water partition coefficient (Wildman–Crippen LogP) is 2.75. The lowest BCUT2D eigenvalue weighted by molar-refractivity contribution is -0.144. The number of carboxylic acid groups (broad SMARTS) is 1. The van der Waals surface area contributed by atoms with E-state index in [0.717, 1.165) is 12.2 Å². The second kappa shape index (κ2) is 7.17. The van der Waals surface area contributed by atoms with Gasteiger partial charge in [0.1, 0.15) is 5.54 Å². The molecule has 0 aliphatic heterocycles. The van der Waals surface area contributed by atoms with Crippen molar-refractivity contribution in [3.8, 4) is 0 Å². The third-order valence-corrected chi connectivity index (χ3v) is 3.76. The van der Waals surface area contributed by atoms with Gasteiger partial charge in [0.25, 0.3) is 0 Å². The minimum absolute atomic E-state index is 0.185. The maximum atomic E-state index is 11.3. The van der Waals surface area contributed by atoms with Gasteiger partial charge >= 0.3 is 5.97 Å². The average Bonchev–Trinajstić information content (AvgIpc) is 2.12. The molecule has 0 saturated heterocycles. The van der Waals surface area contributed by atoms with Gasteiger partial charge in [-0.25, -0.2) is 0 Å². The molecule has 0 aromatic rings. The van der Waals surface area contributed by atoms with Crippen LogP contribution in [0.2, 0.25) is 0 Å². The summed E-state index contributed by atoms with van der Waals surface area (Å²) in [7, 11) is 0. The van der Waals surface area contributed by atoms with E-state index in [9.17, 15) is 9.90 Å². The molecule has 2 N–H and O–H groups in total. The standard InChI is InChI=1S/C12H25NO2S/c1-6-7-16-10(4)8-12(5,11(14)15)13-9(2)3/h9-10,13H,6-8H2,1-5H3,(H,14,15). The fourth-order valence-corrected chi connectivity index (χ4v) is 2.89. The molecule has 0 saturated carbocycles. The lowest BCUT2D eigenvalue weighted by Crippen LogP contribution is -2.53. The van der Waals surface area contributed by atoms with Crippen LogP contribution in [0.1, 0.15) is 47.5 Å². The van der Waals surface area contributed by atoms with Gasteiger partial charge in [0, 0.05) is 11.3 Å². The summed E-state index contributed by atoms with van der Waals surface area (Å²) in [6, 6.07) is 0.185. The van der Waals surface area contributed by atoms with Crippen molar-refractivity contribution in [3.05, 3.63) is 0 Å². The van der Waals surface area contributed by atoms with Crippen LogP contribution in [-0.4, -0.2) is 33.7 Å². The van der Waals surface area contributed by atoms with Gasteiger partial charge in [0.2, 0.25) is 0 Å². The van der Waals surface area contributed by atoms with E-state index in [2.05, 4.69) is 19.2 Å². The third kappa shape index (κ3) is 5.75. The molecule has 0 spiro atoms. The van der Waals surface area contributed by atoms with E-state index in [1.165, 1.54) is 0 Å². The first-order chi connectivity index (χ1) is 7.31. The number of aliphatic carboxylic acids is 1. The zero-order chi connectivity index (χ0) is 12.8. The van der Waals surface area contributed by atoms with Crippen molar-refractivity contribution in [2.45, 2.75) is 64.3 Å². The van der Waals surface area contributed by atoms with Crippen molar-refractivity contribution in [1.82, 2.24) is 5.32 Å². The molecular weight excluding hydrogens is 222 g/mol. The van der Waals surface area contributed by atoms with Crippen LogP contribution < -0.4 is 5.32 Å². The van der Waals surface area contributed by atoms with Crippen molar-refractivity contribution < 1.29 is 9.90 Å². The fourth-order valence-electron chi connectivity index (χ4n) is 1.80. The number of nitrogens with one attached hydrogen (secondary N) is 1. The van der Waals surface area contributed by atoms with E-state index in [4.69, 9.17) is 0 Å². The minimum Gasteiger partial charge on any atom is -0.480 e. The van der Waals surface area contributed by atoms with E-state index in [-0.39, 0.29) is 6.04 Å². The van der Waals surface area contributed by atoms with Crippen LogP contribution in [0.3, 0.4) is 0 Å². The largest absolute Gasteiger partial charge is 0.480 e. The van der Waals surface area contributed by atoms with Crippen molar-refractivity contribution in [2.24, 2.45) is 0 Å². The molecule has 0 aliphatic carbocycles. The summed E-state index contributed by atoms with van der Waals surface area (Å²) >= 11 is 1.84. The summed E-state index contributed by atoms with van der Waals surface area (Å²) < 4.78 is 0. The minimum atomic E-state index is -0.811. The normalized spacial score (nSPS) is 17.1. The third-order valence-electron chi connectivity index (χ3n) is 2.38. The SMILES string of the molecule is CCCSC(C)CC(C)(NC(C)C)C(=O)O. The Morgan fingerprint density at radius 1 is 1.44 bits per heavy atom. The Hall–Kier alpha value is -0.220. The summed E-state index contributed by atoms with van der Waals surface area (Å²) in [6.07, 6.45) is 1.79. The lowest BCUT2D eigenvalue weighted by Gasteiger charge is -2.31. The molecule has 0 bridgehead atoms. The lowest BCUT2D eigenvalue weighted by atomic mass is 9.95. The van der Waals surface area contributed by atoms with Crippen LogP contribution in [0.5, 0.6) is 0 Å². The van der Waals surface area contributed by atoms with Gasteiger partial charge in [0.15, 0.2) is 0 Å². The highest BCUT2D eigenvalue weighted by Crippen LogP contribution is 2.23. The van der Waals surface area contributed by atoms with Crippen LogP contribution in [0.15, 0.2) is 0 Å². The Morgan fingerprint density at radius 2 is 2.00 bits per heavy atom. The first-order valence-electron chi connectivity index (χ1n) is 5.94. The van der Waals surface area contributed by atoms with Crippen molar-refractivity contribution in [2.75, 3.05) is 5.75 Å². The van der Waals surface area contributed by atoms with Crippen LogP contribution >= 0.6 is 11.8 Å². The average molecular weight is 247 g/mol. The van der Waals surface area contributed by atoms with Gasteiger partial charge in [-0.05, 0) is 39.4 Å².